The van der Waals surface area contributed by atoms with E-state index in [9.17, 15) is 9.18 Å². The summed E-state index contributed by atoms with van der Waals surface area (Å²) >= 11 is 0. The van der Waals surface area contributed by atoms with Gasteiger partial charge in [0.05, 0.1) is 5.56 Å². The molecule has 11 heteroatoms. The Bertz CT molecular complexity index is 1370. The molecule has 1 amide bonds. The lowest BCUT2D eigenvalue weighted by molar-refractivity contribution is 0.0930. The fourth-order valence-corrected chi connectivity index (χ4v) is 3.63. The fourth-order valence-electron chi connectivity index (χ4n) is 3.63. The minimum atomic E-state index is -0.715. The van der Waals surface area contributed by atoms with Crippen LogP contribution in [0.25, 0.3) is 22.8 Å². The summed E-state index contributed by atoms with van der Waals surface area (Å²) in [6.45, 7) is 7.54. The van der Waals surface area contributed by atoms with Crippen LogP contribution < -0.4 is 10.1 Å². The number of amides is 1. The second kappa shape index (κ2) is 12.0. The molecule has 0 spiro atoms. The number of halogens is 1. The Hall–Kier alpha value is -4.12. The van der Waals surface area contributed by atoms with Crippen molar-refractivity contribution in [2.45, 2.75) is 58.6 Å². The van der Waals surface area contributed by atoms with Crippen molar-refractivity contribution in [2.75, 3.05) is 6.61 Å². The number of aliphatic hydroxyl groups excluding tert-OH is 1. The highest BCUT2D eigenvalue weighted by Gasteiger charge is 2.22. The Morgan fingerprint density at radius 2 is 1.63 bits per heavy atom. The van der Waals surface area contributed by atoms with E-state index in [1.807, 2.05) is 32.9 Å². The van der Waals surface area contributed by atoms with E-state index >= 15 is 0 Å². The van der Waals surface area contributed by atoms with Crippen LogP contribution in [0.15, 0.2) is 51.5 Å². The van der Waals surface area contributed by atoms with Gasteiger partial charge in [-0.15, -0.1) is 0 Å². The SMILES string of the molecule is CCC(Oc1ccc(-c2noc(C(C)C)n2)cc1)c1nc(-c2ccc(C(=O)NC(C)CCO)c(F)c2)no1. The highest BCUT2D eigenvalue weighted by Crippen LogP contribution is 2.28. The second-order valence-corrected chi connectivity index (χ2v) is 9.19. The number of rotatable bonds is 11. The van der Waals surface area contributed by atoms with Crippen molar-refractivity contribution in [1.29, 1.82) is 0 Å². The van der Waals surface area contributed by atoms with Gasteiger partial charge in [0.1, 0.15) is 11.6 Å². The summed E-state index contributed by atoms with van der Waals surface area (Å²) in [5, 5.41) is 19.6. The van der Waals surface area contributed by atoms with Crippen molar-refractivity contribution in [3.05, 3.63) is 65.6 Å². The van der Waals surface area contributed by atoms with Gasteiger partial charge in [-0.3, -0.25) is 4.79 Å². The summed E-state index contributed by atoms with van der Waals surface area (Å²) in [6.07, 6.45) is 0.397. The Morgan fingerprint density at radius 3 is 2.24 bits per heavy atom. The van der Waals surface area contributed by atoms with Crippen LogP contribution in [0.2, 0.25) is 0 Å². The third-order valence-electron chi connectivity index (χ3n) is 5.83. The van der Waals surface area contributed by atoms with Crippen LogP contribution in [0, 0.1) is 5.82 Å². The molecule has 2 atom stereocenters. The van der Waals surface area contributed by atoms with E-state index in [2.05, 4.69) is 25.6 Å². The van der Waals surface area contributed by atoms with Gasteiger partial charge in [-0.05, 0) is 56.2 Å². The zero-order valence-corrected chi connectivity index (χ0v) is 21.6. The topological polar surface area (TPSA) is 136 Å². The molecule has 4 rings (SSSR count). The normalized spacial score (nSPS) is 12.9. The van der Waals surface area contributed by atoms with Crippen molar-refractivity contribution >= 4 is 5.91 Å². The van der Waals surface area contributed by atoms with Crippen LogP contribution in [-0.4, -0.2) is 43.9 Å². The lowest BCUT2D eigenvalue weighted by atomic mass is 10.1. The van der Waals surface area contributed by atoms with Gasteiger partial charge in [0.15, 0.2) is 6.10 Å². The minimum absolute atomic E-state index is 0.0731. The monoisotopic (exact) mass is 523 g/mol. The van der Waals surface area contributed by atoms with Crippen LogP contribution >= 0.6 is 0 Å². The van der Waals surface area contributed by atoms with E-state index in [1.165, 1.54) is 12.1 Å². The first-order chi connectivity index (χ1) is 18.3. The predicted octanol–water partition coefficient (Wildman–Crippen LogP) is 5.08. The standard InChI is InChI=1S/C27H30FN5O5/c1-5-22(36-19-9-6-17(7-10-19)23-30-26(15(2)3)37-32-23)27-31-24(33-38-27)18-8-11-20(21(28)14-18)25(35)29-16(4)12-13-34/h6-11,14-16,22,34H,5,12-13H2,1-4H3,(H,29,35). The van der Waals surface area contributed by atoms with Gasteiger partial charge < -0.3 is 24.2 Å². The number of nitrogens with one attached hydrogen (secondary N) is 1. The van der Waals surface area contributed by atoms with E-state index in [4.69, 9.17) is 18.9 Å². The maximum Gasteiger partial charge on any atom is 0.268 e. The lowest BCUT2D eigenvalue weighted by Crippen LogP contribution is -2.33. The molecular formula is C27H30FN5O5. The van der Waals surface area contributed by atoms with E-state index in [0.717, 1.165) is 5.56 Å². The van der Waals surface area contributed by atoms with Gasteiger partial charge in [-0.2, -0.15) is 9.97 Å². The van der Waals surface area contributed by atoms with Crippen LogP contribution in [0.4, 0.5) is 4.39 Å². The molecule has 0 saturated heterocycles. The van der Waals surface area contributed by atoms with E-state index in [0.29, 0.717) is 35.9 Å². The molecule has 0 aliphatic carbocycles. The molecule has 10 nitrogen and oxygen atoms in total. The number of carbonyl (C=O) groups excluding carboxylic acids is 1. The highest BCUT2D eigenvalue weighted by atomic mass is 19.1. The zero-order chi connectivity index (χ0) is 27.2. The number of carbonyl (C=O) groups is 1. The average Bonchev–Trinajstić information content (AvgIpc) is 3.58. The molecule has 2 unspecified atom stereocenters. The average molecular weight is 524 g/mol. The molecular weight excluding hydrogens is 493 g/mol. The number of aliphatic hydroxyl groups is 1. The molecule has 0 saturated carbocycles. The molecule has 2 heterocycles. The van der Waals surface area contributed by atoms with Crippen LogP contribution in [0.3, 0.4) is 0 Å². The number of aromatic nitrogens is 4. The first-order valence-corrected chi connectivity index (χ1v) is 12.4. The fraction of sp³-hybridized carbons (Fsp3) is 0.370. The third kappa shape index (κ3) is 6.23. The zero-order valence-electron chi connectivity index (χ0n) is 21.6. The van der Waals surface area contributed by atoms with Gasteiger partial charge in [0, 0.05) is 29.7 Å². The molecule has 0 fully saturated rings. The van der Waals surface area contributed by atoms with Crippen LogP contribution in [0.1, 0.15) is 74.7 Å². The predicted molar refractivity (Wildman–Crippen MR) is 136 cm³/mol. The second-order valence-electron chi connectivity index (χ2n) is 9.19. The van der Waals surface area contributed by atoms with E-state index < -0.39 is 17.8 Å². The highest BCUT2D eigenvalue weighted by molar-refractivity contribution is 5.95. The van der Waals surface area contributed by atoms with Crippen molar-refractivity contribution in [1.82, 2.24) is 25.6 Å². The molecule has 4 aromatic rings. The van der Waals surface area contributed by atoms with Crippen molar-refractivity contribution in [3.8, 4) is 28.5 Å². The van der Waals surface area contributed by atoms with E-state index in [1.54, 1.807) is 25.1 Å². The maximum absolute atomic E-state index is 14.7. The van der Waals surface area contributed by atoms with Crippen LogP contribution in [0.5, 0.6) is 5.75 Å². The summed E-state index contributed by atoms with van der Waals surface area (Å²) in [5.41, 5.74) is 1.04. The Morgan fingerprint density at radius 1 is 1.00 bits per heavy atom. The number of ether oxygens (including phenoxy) is 1. The van der Waals surface area contributed by atoms with Crippen molar-refractivity contribution in [2.24, 2.45) is 0 Å². The van der Waals surface area contributed by atoms with Gasteiger partial charge >= 0.3 is 0 Å². The summed E-state index contributed by atoms with van der Waals surface area (Å²) < 4.78 is 31.4. The number of benzene rings is 2. The maximum atomic E-state index is 14.7. The molecule has 0 radical (unpaired) electrons. The third-order valence-corrected chi connectivity index (χ3v) is 5.83. The molecule has 0 bridgehead atoms. The molecule has 0 aliphatic rings. The Kier molecular flexibility index (Phi) is 8.47. The van der Waals surface area contributed by atoms with Gasteiger partial charge in [-0.1, -0.05) is 37.2 Å². The Labute approximate surface area is 219 Å². The largest absolute Gasteiger partial charge is 0.481 e. The summed E-state index contributed by atoms with van der Waals surface area (Å²) in [5.74, 6) is 0.949. The van der Waals surface area contributed by atoms with Crippen LogP contribution in [-0.2, 0) is 0 Å². The number of hydrogen-bond donors (Lipinski definition) is 2. The number of nitrogens with zero attached hydrogens (tertiary/aromatic N) is 4. The molecule has 200 valence electrons. The van der Waals surface area contributed by atoms with E-state index in [-0.39, 0.29) is 35.8 Å². The number of hydrogen-bond acceptors (Lipinski definition) is 9. The molecule has 2 aromatic heterocycles. The molecule has 0 aliphatic heterocycles. The summed E-state index contributed by atoms with van der Waals surface area (Å²) in [6, 6.07) is 11.1. The lowest BCUT2D eigenvalue weighted by Gasteiger charge is -2.13. The first kappa shape index (κ1) is 26.9. The molecule has 2 aromatic carbocycles. The summed E-state index contributed by atoms with van der Waals surface area (Å²) in [7, 11) is 0. The van der Waals surface area contributed by atoms with Crippen molar-refractivity contribution in [3.63, 3.8) is 0 Å². The van der Waals surface area contributed by atoms with Gasteiger partial charge in [0.25, 0.3) is 11.8 Å². The van der Waals surface area contributed by atoms with Gasteiger partial charge in [-0.25, -0.2) is 4.39 Å². The molecule has 38 heavy (non-hydrogen) atoms. The van der Waals surface area contributed by atoms with Gasteiger partial charge in [0.2, 0.25) is 17.5 Å². The minimum Gasteiger partial charge on any atom is -0.481 e. The Balaban J connectivity index is 1.44. The molecule has 2 N–H and O–H groups in total. The first-order valence-electron chi connectivity index (χ1n) is 12.4. The summed E-state index contributed by atoms with van der Waals surface area (Å²) in [4.78, 5) is 21.1. The van der Waals surface area contributed by atoms with Crippen molar-refractivity contribution < 1.29 is 28.1 Å². The smallest absolute Gasteiger partial charge is 0.268 e. The quantitative estimate of drug-likeness (QED) is 0.276.